The van der Waals surface area contributed by atoms with Crippen LogP contribution in [0.25, 0.3) is 0 Å². The summed E-state index contributed by atoms with van der Waals surface area (Å²) in [4.78, 5) is 2.60. The van der Waals surface area contributed by atoms with Gasteiger partial charge >= 0.3 is 0 Å². The second-order valence-corrected chi connectivity index (χ2v) is 9.02. The highest BCUT2D eigenvalue weighted by molar-refractivity contribution is 9.10. The van der Waals surface area contributed by atoms with Crippen LogP contribution in [0.4, 0.5) is 0 Å². The third-order valence-electron chi connectivity index (χ3n) is 4.65. The summed E-state index contributed by atoms with van der Waals surface area (Å²) in [6, 6.07) is 14.5. The van der Waals surface area contributed by atoms with Gasteiger partial charge in [0.05, 0.1) is 12.0 Å². The molecular formula is C19H23BrN2O3S. The largest absolute Gasteiger partial charge is 0.497 e. The van der Waals surface area contributed by atoms with E-state index in [1.54, 1.807) is 31.4 Å². The van der Waals surface area contributed by atoms with Gasteiger partial charge in [-0.05, 0) is 67.9 Å². The molecule has 1 unspecified atom stereocenters. The second-order valence-electron chi connectivity index (χ2n) is 6.34. The molecule has 0 bridgehead atoms. The van der Waals surface area contributed by atoms with Gasteiger partial charge in [-0.3, -0.25) is 4.90 Å². The first-order chi connectivity index (χ1) is 12.5. The van der Waals surface area contributed by atoms with Crippen molar-refractivity contribution in [3.63, 3.8) is 0 Å². The first-order valence-corrected chi connectivity index (χ1v) is 10.9. The number of ether oxygens (including phenoxy) is 1. The zero-order valence-electron chi connectivity index (χ0n) is 14.7. The van der Waals surface area contributed by atoms with Crippen LogP contribution < -0.4 is 9.46 Å². The predicted molar refractivity (Wildman–Crippen MR) is 106 cm³/mol. The molecule has 1 N–H and O–H groups in total. The Morgan fingerprint density at radius 2 is 1.85 bits per heavy atom. The van der Waals surface area contributed by atoms with E-state index in [9.17, 15) is 8.42 Å². The topological polar surface area (TPSA) is 58.6 Å². The molecular weight excluding hydrogens is 416 g/mol. The van der Waals surface area contributed by atoms with Gasteiger partial charge in [-0.25, -0.2) is 13.1 Å². The Morgan fingerprint density at radius 3 is 2.50 bits per heavy atom. The summed E-state index contributed by atoms with van der Waals surface area (Å²) < 4.78 is 34.3. The molecule has 2 aromatic rings. The molecule has 3 rings (SSSR count). The SMILES string of the molecule is COc1cccc(C(CNS(=O)(=O)c2ccc(Br)cc2)N2CCCC2)c1. The molecule has 0 radical (unpaired) electrons. The fourth-order valence-corrected chi connectivity index (χ4v) is 4.55. The summed E-state index contributed by atoms with van der Waals surface area (Å²) in [7, 11) is -1.91. The summed E-state index contributed by atoms with van der Waals surface area (Å²) in [5.74, 6) is 0.780. The van der Waals surface area contributed by atoms with E-state index >= 15 is 0 Å². The van der Waals surface area contributed by atoms with Gasteiger partial charge in [-0.1, -0.05) is 28.1 Å². The molecule has 140 valence electrons. The maximum atomic E-state index is 12.6. The lowest BCUT2D eigenvalue weighted by Crippen LogP contribution is -2.36. The Kier molecular flexibility index (Phi) is 6.34. The molecule has 0 spiro atoms. The van der Waals surface area contributed by atoms with Crippen LogP contribution in [0, 0.1) is 0 Å². The average molecular weight is 439 g/mol. The maximum absolute atomic E-state index is 12.6. The van der Waals surface area contributed by atoms with Gasteiger partial charge in [0.2, 0.25) is 10.0 Å². The smallest absolute Gasteiger partial charge is 0.240 e. The molecule has 1 aliphatic rings. The lowest BCUT2D eigenvalue weighted by Gasteiger charge is -2.28. The van der Waals surface area contributed by atoms with Crippen LogP contribution in [-0.4, -0.2) is 40.1 Å². The number of hydrogen-bond acceptors (Lipinski definition) is 4. The number of halogens is 1. The molecule has 1 fully saturated rings. The Balaban J connectivity index is 1.80. The first kappa shape index (κ1) is 19.4. The standard InChI is InChI=1S/C19H23BrN2O3S/c1-25-17-6-4-5-15(13-17)19(22-11-2-3-12-22)14-21-26(23,24)18-9-7-16(20)8-10-18/h4-10,13,19,21H,2-3,11-12,14H2,1H3. The quantitative estimate of drug-likeness (QED) is 0.717. The lowest BCUT2D eigenvalue weighted by molar-refractivity contribution is 0.246. The van der Waals surface area contributed by atoms with Crippen molar-refractivity contribution in [1.29, 1.82) is 0 Å². The zero-order chi connectivity index (χ0) is 18.6. The predicted octanol–water partition coefficient (Wildman–Crippen LogP) is 3.57. The normalized spacial score (nSPS) is 16.5. The van der Waals surface area contributed by atoms with Crippen molar-refractivity contribution < 1.29 is 13.2 Å². The summed E-state index contributed by atoms with van der Waals surface area (Å²) in [5.41, 5.74) is 1.06. The summed E-state index contributed by atoms with van der Waals surface area (Å²) in [6.07, 6.45) is 2.28. The summed E-state index contributed by atoms with van der Waals surface area (Å²) in [5, 5.41) is 0. The van der Waals surface area contributed by atoms with Gasteiger partial charge in [0.15, 0.2) is 0 Å². The molecule has 1 saturated heterocycles. The minimum atomic E-state index is -3.55. The van der Waals surface area contributed by atoms with Gasteiger partial charge in [0, 0.05) is 17.1 Å². The van der Waals surface area contributed by atoms with E-state index in [1.807, 2.05) is 24.3 Å². The summed E-state index contributed by atoms with van der Waals surface area (Å²) in [6.45, 7) is 2.27. The van der Waals surface area contributed by atoms with Crippen LogP contribution in [0.5, 0.6) is 5.75 Å². The van der Waals surface area contributed by atoms with Gasteiger partial charge in [0.1, 0.15) is 5.75 Å². The number of nitrogens with zero attached hydrogens (tertiary/aromatic N) is 1. The fourth-order valence-electron chi connectivity index (χ4n) is 3.25. The van der Waals surface area contributed by atoms with Crippen LogP contribution in [0.3, 0.4) is 0 Å². The van der Waals surface area contributed by atoms with Crippen molar-refractivity contribution in [2.45, 2.75) is 23.8 Å². The minimum absolute atomic E-state index is 0.0159. The highest BCUT2D eigenvalue weighted by Gasteiger charge is 2.26. The molecule has 2 aromatic carbocycles. The molecule has 0 aromatic heterocycles. The van der Waals surface area contributed by atoms with E-state index in [2.05, 4.69) is 25.6 Å². The zero-order valence-corrected chi connectivity index (χ0v) is 17.1. The molecule has 0 saturated carbocycles. The van der Waals surface area contributed by atoms with Gasteiger partial charge in [0.25, 0.3) is 0 Å². The van der Waals surface area contributed by atoms with E-state index < -0.39 is 10.0 Å². The van der Waals surface area contributed by atoms with Gasteiger partial charge < -0.3 is 4.74 Å². The molecule has 1 atom stereocenters. The number of nitrogens with one attached hydrogen (secondary N) is 1. The third-order valence-corrected chi connectivity index (χ3v) is 6.62. The van der Waals surface area contributed by atoms with Crippen molar-refractivity contribution in [3.8, 4) is 5.75 Å². The average Bonchev–Trinajstić information content (AvgIpc) is 3.17. The highest BCUT2D eigenvalue weighted by Crippen LogP contribution is 2.27. The number of methoxy groups -OCH3 is 1. The van der Waals surface area contributed by atoms with Gasteiger partial charge in [-0.2, -0.15) is 0 Å². The Bertz CT molecular complexity index is 834. The molecule has 7 heteroatoms. The highest BCUT2D eigenvalue weighted by atomic mass is 79.9. The Hall–Kier alpha value is -1.41. The molecule has 1 aliphatic heterocycles. The number of benzene rings is 2. The molecule has 0 amide bonds. The van der Waals surface area contributed by atoms with Crippen LogP contribution in [-0.2, 0) is 10.0 Å². The minimum Gasteiger partial charge on any atom is -0.497 e. The monoisotopic (exact) mass is 438 g/mol. The van der Waals surface area contributed by atoms with Crippen molar-refractivity contribution >= 4 is 26.0 Å². The van der Waals surface area contributed by atoms with Crippen molar-refractivity contribution in [2.75, 3.05) is 26.7 Å². The first-order valence-electron chi connectivity index (χ1n) is 8.63. The fraction of sp³-hybridized carbons (Fsp3) is 0.368. The Labute approximate surface area is 163 Å². The van der Waals surface area contributed by atoms with Gasteiger partial charge in [-0.15, -0.1) is 0 Å². The summed E-state index contributed by atoms with van der Waals surface area (Å²) >= 11 is 3.33. The molecule has 26 heavy (non-hydrogen) atoms. The van der Waals surface area contributed by atoms with E-state index in [1.165, 1.54) is 0 Å². The maximum Gasteiger partial charge on any atom is 0.240 e. The second kappa shape index (κ2) is 8.52. The van der Waals surface area contributed by atoms with Crippen molar-refractivity contribution in [3.05, 3.63) is 58.6 Å². The number of likely N-dealkylation sites (tertiary alicyclic amines) is 1. The molecule has 0 aliphatic carbocycles. The number of sulfonamides is 1. The third kappa shape index (κ3) is 4.65. The van der Waals surface area contributed by atoms with Crippen LogP contribution in [0.1, 0.15) is 24.4 Å². The lowest BCUT2D eigenvalue weighted by atomic mass is 10.1. The van der Waals surface area contributed by atoms with E-state index in [0.29, 0.717) is 6.54 Å². The molecule has 1 heterocycles. The van der Waals surface area contributed by atoms with E-state index in [0.717, 1.165) is 41.7 Å². The molecule has 5 nitrogen and oxygen atoms in total. The van der Waals surface area contributed by atoms with E-state index in [4.69, 9.17) is 4.74 Å². The van der Waals surface area contributed by atoms with Crippen LogP contribution >= 0.6 is 15.9 Å². The van der Waals surface area contributed by atoms with Crippen LogP contribution in [0.15, 0.2) is 57.9 Å². The van der Waals surface area contributed by atoms with Crippen molar-refractivity contribution in [2.24, 2.45) is 0 Å². The van der Waals surface area contributed by atoms with Crippen LogP contribution in [0.2, 0.25) is 0 Å². The number of hydrogen-bond donors (Lipinski definition) is 1. The van der Waals surface area contributed by atoms with E-state index in [-0.39, 0.29) is 10.9 Å². The Morgan fingerprint density at radius 1 is 1.15 bits per heavy atom. The van der Waals surface area contributed by atoms with Crippen molar-refractivity contribution in [1.82, 2.24) is 9.62 Å². The number of rotatable bonds is 7.